The molecule has 0 heterocycles. The van der Waals surface area contributed by atoms with Crippen molar-refractivity contribution in [3.05, 3.63) is 59.1 Å². The first-order valence-corrected chi connectivity index (χ1v) is 7.81. The summed E-state index contributed by atoms with van der Waals surface area (Å²) in [5, 5.41) is 3.18. The van der Waals surface area contributed by atoms with Crippen LogP contribution in [0.4, 0.5) is 5.69 Å². The van der Waals surface area contributed by atoms with Crippen molar-refractivity contribution in [3.63, 3.8) is 0 Å². The fraction of sp³-hybridized carbons (Fsp3) is 0.222. The van der Waals surface area contributed by atoms with Crippen molar-refractivity contribution in [2.45, 2.75) is 13.3 Å². The van der Waals surface area contributed by atoms with E-state index >= 15 is 0 Å². The molecule has 0 spiro atoms. The summed E-state index contributed by atoms with van der Waals surface area (Å²) in [6, 6.07) is 14.2. The van der Waals surface area contributed by atoms with Gasteiger partial charge in [0, 0.05) is 10.7 Å². The van der Waals surface area contributed by atoms with Gasteiger partial charge in [0.25, 0.3) is 5.91 Å². The van der Waals surface area contributed by atoms with E-state index in [0.29, 0.717) is 16.5 Å². The van der Waals surface area contributed by atoms with Crippen molar-refractivity contribution in [1.82, 2.24) is 0 Å². The van der Waals surface area contributed by atoms with Crippen LogP contribution in [0, 0.1) is 6.92 Å². The molecule has 0 unspecified atom stereocenters. The molecule has 0 aliphatic carbocycles. The second kappa shape index (κ2) is 8.93. The third kappa shape index (κ3) is 6.30. The van der Waals surface area contributed by atoms with Crippen LogP contribution in [0.5, 0.6) is 5.75 Å². The van der Waals surface area contributed by atoms with Gasteiger partial charge >= 0.3 is 5.97 Å². The molecule has 5 nitrogen and oxygen atoms in total. The summed E-state index contributed by atoms with van der Waals surface area (Å²) >= 11 is 5.76. The molecule has 1 N–H and O–H groups in total. The standard InChI is InChI=1S/C18H18ClNO4/c1-13-2-8-16(9-3-13)23-11-10-18(22)24-12-17(21)20-15-6-4-14(19)5-7-15/h2-9H,10-12H2,1H3,(H,20,21). The first-order valence-electron chi connectivity index (χ1n) is 7.43. The van der Waals surface area contributed by atoms with Gasteiger partial charge in [-0.1, -0.05) is 29.3 Å². The van der Waals surface area contributed by atoms with E-state index in [1.165, 1.54) is 0 Å². The predicted octanol–water partition coefficient (Wildman–Crippen LogP) is 3.60. The van der Waals surface area contributed by atoms with Crippen LogP contribution in [0.15, 0.2) is 48.5 Å². The van der Waals surface area contributed by atoms with Gasteiger partial charge in [-0.3, -0.25) is 9.59 Å². The van der Waals surface area contributed by atoms with Crippen molar-refractivity contribution in [2.24, 2.45) is 0 Å². The highest BCUT2D eigenvalue weighted by Crippen LogP contribution is 2.13. The number of halogens is 1. The number of esters is 1. The van der Waals surface area contributed by atoms with Crippen LogP contribution in [0.25, 0.3) is 0 Å². The van der Waals surface area contributed by atoms with Gasteiger partial charge < -0.3 is 14.8 Å². The number of rotatable bonds is 7. The van der Waals surface area contributed by atoms with E-state index in [-0.39, 0.29) is 19.6 Å². The van der Waals surface area contributed by atoms with Gasteiger partial charge in [-0.15, -0.1) is 0 Å². The van der Waals surface area contributed by atoms with Crippen molar-refractivity contribution < 1.29 is 19.1 Å². The topological polar surface area (TPSA) is 64.6 Å². The number of hydrogen-bond donors (Lipinski definition) is 1. The Hall–Kier alpha value is -2.53. The first kappa shape index (κ1) is 17.8. The monoisotopic (exact) mass is 347 g/mol. The Morgan fingerprint density at radius 3 is 2.38 bits per heavy atom. The van der Waals surface area contributed by atoms with E-state index in [2.05, 4.69) is 5.32 Å². The Morgan fingerprint density at radius 2 is 1.71 bits per heavy atom. The summed E-state index contributed by atoms with van der Waals surface area (Å²) in [4.78, 5) is 23.3. The fourth-order valence-electron chi connectivity index (χ4n) is 1.84. The average Bonchev–Trinajstić information content (AvgIpc) is 2.57. The molecule has 0 aliphatic rings. The summed E-state index contributed by atoms with van der Waals surface area (Å²) < 4.78 is 10.3. The molecule has 24 heavy (non-hydrogen) atoms. The number of hydrogen-bond acceptors (Lipinski definition) is 4. The van der Waals surface area contributed by atoms with Gasteiger partial charge in [-0.25, -0.2) is 0 Å². The van der Waals surface area contributed by atoms with Crippen LogP contribution >= 0.6 is 11.6 Å². The molecule has 1 amide bonds. The van der Waals surface area contributed by atoms with E-state index in [1.54, 1.807) is 24.3 Å². The van der Waals surface area contributed by atoms with Crippen LogP contribution in [-0.4, -0.2) is 25.1 Å². The summed E-state index contributed by atoms with van der Waals surface area (Å²) in [7, 11) is 0. The molecule has 0 saturated carbocycles. The second-order valence-electron chi connectivity index (χ2n) is 5.13. The SMILES string of the molecule is Cc1ccc(OCCC(=O)OCC(=O)Nc2ccc(Cl)cc2)cc1. The third-order valence-electron chi connectivity index (χ3n) is 3.09. The van der Waals surface area contributed by atoms with Crippen LogP contribution in [-0.2, 0) is 14.3 Å². The molecule has 0 aliphatic heterocycles. The number of benzene rings is 2. The molecule has 2 aromatic carbocycles. The zero-order valence-corrected chi connectivity index (χ0v) is 14.0. The molecular weight excluding hydrogens is 330 g/mol. The number of nitrogens with one attached hydrogen (secondary N) is 1. The van der Waals surface area contributed by atoms with E-state index in [9.17, 15) is 9.59 Å². The molecule has 126 valence electrons. The normalized spacial score (nSPS) is 10.1. The zero-order chi connectivity index (χ0) is 17.4. The second-order valence-corrected chi connectivity index (χ2v) is 5.56. The van der Waals surface area contributed by atoms with Gasteiger partial charge in [0.2, 0.25) is 0 Å². The molecule has 0 radical (unpaired) electrons. The zero-order valence-electron chi connectivity index (χ0n) is 13.3. The van der Waals surface area contributed by atoms with Crippen LogP contribution in [0.2, 0.25) is 5.02 Å². The van der Waals surface area contributed by atoms with Crippen LogP contribution in [0.1, 0.15) is 12.0 Å². The lowest BCUT2D eigenvalue weighted by atomic mass is 10.2. The highest BCUT2D eigenvalue weighted by molar-refractivity contribution is 6.30. The Balaban J connectivity index is 1.64. The molecule has 0 bridgehead atoms. The van der Waals surface area contributed by atoms with E-state index in [0.717, 1.165) is 5.56 Å². The largest absolute Gasteiger partial charge is 0.493 e. The number of amides is 1. The number of ether oxygens (including phenoxy) is 2. The lowest BCUT2D eigenvalue weighted by Gasteiger charge is -2.08. The smallest absolute Gasteiger partial charge is 0.309 e. The van der Waals surface area contributed by atoms with Gasteiger partial charge in [-0.05, 0) is 43.3 Å². The summed E-state index contributed by atoms with van der Waals surface area (Å²) in [6.45, 7) is 1.84. The van der Waals surface area contributed by atoms with Gasteiger partial charge in [-0.2, -0.15) is 0 Å². The first-order chi connectivity index (χ1) is 11.5. The highest BCUT2D eigenvalue weighted by Gasteiger charge is 2.08. The predicted molar refractivity (Wildman–Crippen MR) is 92.3 cm³/mol. The molecule has 0 fully saturated rings. The third-order valence-corrected chi connectivity index (χ3v) is 3.34. The lowest BCUT2D eigenvalue weighted by Crippen LogP contribution is -2.21. The van der Waals surface area contributed by atoms with E-state index < -0.39 is 11.9 Å². The molecule has 0 saturated heterocycles. The maximum Gasteiger partial charge on any atom is 0.309 e. The lowest BCUT2D eigenvalue weighted by molar-refractivity contribution is -0.147. The average molecular weight is 348 g/mol. The van der Waals surface area contributed by atoms with E-state index in [4.69, 9.17) is 21.1 Å². The minimum absolute atomic E-state index is 0.0715. The van der Waals surface area contributed by atoms with Gasteiger partial charge in [0.1, 0.15) is 5.75 Å². The Labute approximate surface area is 145 Å². The maximum absolute atomic E-state index is 11.7. The highest BCUT2D eigenvalue weighted by atomic mass is 35.5. The van der Waals surface area contributed by atoms with Gasteiger partial charge in [0.05, 0.1) is 13.0 Å². The van der Waals surface area contributed by atoms with Crippen LogP contribution in [0.3, 0.4) is 0 Å². The molecule has 2 rings (SSSR count). The molecular formula is C18H18ClNO4. The summed E-state index contributed by atoms with van der Waals surface area (Å²) in [6.07, 6.45) is 0.0715. The minimum atomic E-state index is -0.492. The molecule has 2 aromatic rings. The Bertz CT molecular complexity index is 683. The van der Waals surface area contributed by atoms with Crippen LogP contribution < -0.4 is 10.1 Å². The molecule has 0 aromatic heterocycles. The number of carbonyl (C=O) groups excluding carboxylic acids is 2. The van der Waals surface area contributed by atoms with Crippen molar-refractivity contribution in [1.29, 1.82) is 0 Å². The van der Waals surface area contributed by atoms with Gasteiger partial charge in [0.15, 0.2) is 6.61 Å². The summed E-state index contributed by atoms with van der Waals surface area (Å²) in [5.41, 5.74) is 1.72. The number of carbonyl (C=O) groups is 2. The van der Waals surface area contributed by atoms with Crippen molar-refractivity contribution in [3.8, 4) is 5.75 Å². The minimum Gasteiger partial charge on any atom is -0.493 e. The van der Waals surface area contributed by atoms with Crippen molar-refractivity contribution >= 4 is 29.2 Å². The Morgan fingerprint density at radius 1 is 1.04 bits per heavy atom. The maximum atomic E-state index is 11.7. The number of anilines is 1. The molecule has 0 atom stereocenters. The molecule has 6 heteroatoms. The quantitative estimate of drug-likeness (QED) is 0.777. The van der Waals surface area contributed by atoms with E-state index in [1.807, 2.05) is 31.2 Å². The fourth-order valence-corrected chi connectivity index (χ4v) is 1.96. The Kier molecular flexibility index (Phi) is 6.63. The van der Waals surface area contributed by atoms with Crippen molar-refractivity contribution in [2.75, 3.05) is 18.5 Å². The summed E-state index contributed by atoms with van der Waals surface area (Å²) in [5.74, 6) is -0.215. The number of aryl methyl sites for hydroxylation is 1.